The average molecular weight is 314 g/mol. The van der Waals surface area contributed by atoms with Gasteiger partial charge in [-0.05, 0) is 30.7 Å². The highest BCUT2D eigenvalue weighted by Crippen LogP contribution is 2.19. The van der Waals surface area contributed by atoms with Gasteiger partial charge in [0, 0.05) is 16.0 Å². The van der Waals surface area contributed by atoms with E-state index >= 15 is 0 Å². The molecule has 0 saturated heterocycles. The van der Waals surface area contributed by atoms with Crippen molar-refractivity contribution in [2.45, 2.75) is 11.3 Å². The Bertz CT molecular complexity index is 402. The number of hydrogen-bond acceptors (Lipinski definition) is 3. The maximum Gasteiger partial charge on any atom is 0.261 e. The van der Waals surface area contributed by atoms with E-state index in [0.29, 0.717) is 12.4 Å². The Balaban J connectivity index is 2.65. The largest absolute Gasteiger partial charge is 0.494 e. The molecule has 1 aromatic carbocycles. The smallest absolute Gasteiger partial charge is 0.261 e. The molecule has 1 rings (SSSR count). The van der Waals surface area contributed by atoms with Gasteiger partial charge in [0.05, 0.1) is 11.5 Å². The van der Waals surface area contributed by atoms with Gasteiger partial charge in [-0.1, -0.05) is 15.9 Å². The molecule has 0 atom stereocenters. The van der Waals surface area contributed by atoms with Gasteiger partial charge in [-0.15, -0.1) is 0 Å². The summed E-state index contributed by atoms with van der Waals surface area (Å²) in [7, 11) is 1.53. The first kappa shape index (κ1) is 12.8. The molecule has 0 saturated carbocycles. The highest BCUT2D eigenvalue weighted by Gasteiger charge is 2.08. The molecule has 0 aliphatic carbocycles. The summed E-state index contributed by atoms with van der Waals surface area (Å²) in [5.41, 5.74) is 0. The summed E-state index contributed by atoms with van der Waals surface area (Å²) in [4.78, 5) is 0.0806. The molecule has 0 aliphatic rings. The van der Waals surface area contributed by atoms with Crippen molar-refractivity contribution >= 4 is 35.7 Å². The predicted molar refractivity (Wildman–Crippen MR) is 63.4 cm³/mol. The zero-order valence-corrected chi connectivity index (χ0v) is 11.0. The van der Waals surface area contributed by atoms with E-state index in [1.54, 1.807) is 12.1 Å². The molecule has 0 aliphatic heterocycles. The van der Waals surface area contributed by atoms with Gasteiger partial charge in [0.15, 0.2) is 0 Å². The van der Waals surface area contributed by atoms with Crippen LogP contribution in [0.5, 0.6) is 5.75 Å². The van der Waals surface area contributed by atoms with E-state index in [1.807, 2.05) is 0 Å². The normalized spacial score (nSPS) is 11.3. The predicted octanol–water partition coefficient (Wildman–Crippen LogP) is 2.78. The minimum absolute atomic E-state index is 0.0806. The van der Waals surface area contributed by atoms with Crippen LogP contribution in [0.2, 0.25) is 0 Å². The highest BCUT2D eigenvalue weighted by atomic mass is 79.9. The number of halogens is 2. The highest BCUT2D eigenvalue weighted by molar-refractivity contribution is 9.09. The van der Waals surface area contributed by atoms with Crippen molar-refractivity contribution < 1.29 is 13.2 Å². The molecule has 3 nitrogen and oxygen atoms in total. The third-order valence-corrected chi connectivity index (χ3v) is 3.58. The fraction of sp³-hybridized carbons (Fsp3) is 0.333. The van der Waals surface area contributed by atoms with Gasteiger partial charge in [-0.25, -0.2) is 8.42 Å². The van der Waals surface area contributed by atoms with Gasteiger partial charge >= 0.3 is 0 Å². The molecule has 0 aromatic heterocycles. The maximum absolute atomic E-state index is 10.9. The summed E-state index contributed by atoms with van der Waals surface area (Å²) in [5.74, 6) is 0.639. The van der Waals surface area contributed by atoms with Crippen LogP contribution in [0, 0.1) is 0 Å². The van der Waals surface area contributed by atoms with E-state index in [2.05, 4.69) is 15.9 Å². The van der Waals surface area contributed by atoms with Crippen LogP contribution < -0.4 is 4.74 Å². The maximum atomic E-state index is 10.9. The van der Waals surface area contributed by atoms with Gasteiger partial charge in [-0.2, -0.15) is 0 Å². The van der Waals surface area contributed by atoms with Crippen molar-refractivity contribution in [3.63, 3.8) is 0 Å². The number of hydrogen-bond donors (Lipinski definition) is 0. The monoisotopic (exact) mass is 312 g/mol. The Hall–Kier alpha value is -0.260. The van der Waals surface area contributed by atoms with Gasteiger partial charge in [-0.3, -0.25) is 0 Å². The van der Waals surface area contributed by atoms with Crippen LogP contribution in [0.4, 0.5) is 0 Å². The number of benzene rings is 1. The minimum Gasteiger partial charge on any atom is -0.494 e. The molecule has 15 heavy (non-hydrogen) atoms. The van der Waals surface area contributed by atoms with E-state index < -0.39 is 9.05 Å². The van der Waals surface area contributed by atoms with Crippen molar-refractivity contribution in [2.75, 3.05) is 11.9 Å². The number of alkyl halides is 1. The van der Waals surface area contributed by atoms with Crippen LogP contribution in [-0.2, 0) is 9.05 Å². The van der Waals surface area contributed by atoms with Gasteiger partial charge in [0.25, 0.3) is 9.05 Å². The summed E-state index contributed by atoms with van der Waals surface area (Å²) < 4.78 is 27.2. The zero-order chi connectivity index (χ0) is 11.3. The summed E-state index contributed by atoms with van der Waals surface area (Å²) in [5, 5.41) is 0.876. The Morgan fingerprint density at radius 3 is 2.33 bits per heavy atom. The Labute approximate surface area is 102 Å². The van der Waals surface area contributed by atoms with Crippen molar-refractivity contribution in [2.24, 2.45) is 0 Å². The van der Waals surface area contributed by atoms with Crippen LogP contribution in [-0.4, -0.2) is 20.4 Å². The van der Waals surface area contributed by atoms with E-state index in [0.717, 1.165) is 11.8 Å². The third kappa shape index (κ3) is 4.40. The van der Waals surface area contributed by atoms with Crippen molar-refractivity contribution in [3.8, 4) is 5.75 Å². The summed E-state index contributed by atoms with van der Waals surface area (Å²) in [6, 6.07) is 6.02. The molecule has 0 heterocycles. The fourth-order valence-electron chi connectivity index (χ4n) is 0.943. The molecule has 0 unspecified atom stereocenters. The molecule has 0 radical (unpaired) electrons. The van der Waals surface area contributed by atoms with E-state index in [4.69, 9.17) is 15.4 Å². The quantitative estimate of drug-likeness (QED) is 0.477. The van der Waals surface area contributed by atoms with Crippen LogP contribution in [0.1, 0.15) is 6.42 Å². The minimum atomic E-state index is -3.64. The molecule has 0 amide bonds. The molecular formula is C9H10BrClO3S. The van der Waals surface area contributed by atoms with Crippen molar-refractivity contribution in [1.82, 2.24) is 0 Å². The van der Waals surface area contributed by atoms with Crippen LogP contribution in [0.25, 0.3) is 0 Å². The lowest BCUT2D eigenvalue weighted by molar-refractivity contribution is 0.319. The van der Waals surface area contributed by atoms with Crippen LogP contribution in [0.15, 0.2) is 29.2 Å². The first-order valence-electron chi connectivity index (χ1n) is 4.27. The molecule has 84 valence electrons. The van der Waals surface area contributed by atoms with E-state index in [-0.39, 0.29) is 4.90 Å². The number of ether oxygens (including phenoxy) is 1. The Kier molecular flexibility index (Phi) is 4.89. The van der Waals surface area contributed by atoms with E-state index in [9.17, 15) is 8.42 Å². The van der Waals surface area contributed by atoms with Crippen molar-refractivity contribution in [3.05, 3.63) is 24.3 Å². The average Bonchev–Trinajstić information content (AvgIpc) is 2.18. The topological polar surface area (TPSA) is 43.4 Å². The summed E-state index contributed by atoms with van der Waals surface area (Å²) in [6.45, 7) is 0.595. The zero-order valence-electron chi connectivity index (χ0n) is 7.82. The molecule has 0 fully saturated rings. The molecule has 0 bridgehead atoms. The Morgan fingerprint density at radius 1 is 1.27 bits per heavy atom. The second-order valence-electron chi connectivity index (χ2n) is 2.80. The molecule has 1 aromatic rings. The second-order valence-corrected chi connectivity index (χ2v) is 6.16. The van der Waals surface area contributed by atoms with Crippen LogP contribution >= 0.6 is 26.6 Å². The van der Waals surface area contributed by atoms with Crippen LogP contribution in [0.3, 0.4) is 0 Å². The lowest BCUT2D eigenvalue weighted by Crippen LogP contribution is -1.98. The third-order valence-electron chi connectivity index (χ3n) is 1.65. The SMILES string of the molecule is O=S(=O)(Cl)c1ccc(OCCCBr)cc1. The lowest BCUT2D eigenvalue weighted by atomic mass is 10.3. The van der Waals surface area contributed by atoms with Gasteiger partial charge in [0.1, 0.15) is 5.75 Å². The second kappa shape index (κ2) is 5.72. The standard InChI is InChI=1S/C9H10BrClO3S/c10-6-1-7-14-8-2-4-9(5-3-8)15(11,12)13/h2-5H,1,6-7H2. The summed E-state index contributed by atoms with van der Waals surface area (Å²) >= 11 is 3.28. The van der Waals surface area contributed by atoms with Gasteiger partial charge in [0.2, 0.25) is 0 Å². The Morgan fingerprint density at radius 2 is 1.87 bits per heavy atom. The fourth-order valence-corrected chi connectivity index (χ4v) is 1.94. The molecule has 0 spiro atoms. The molecule has 0 N–H and O–H groups in total. The van der Waals surface area contributed by atoms with Crippen molar-refractivity contribution in [1.29, 1.82) is 0 Å². The first-order chi connectivity index (χ1) is 7.04. The number of rotatable bonds is 5. The van der Waals surface area contributed by atoms with Gasteiger partial charge < -0.3 is 4.74 Å². The molecule has 6 heteroatoms. The summed E-state index contributed by atoms with van der Waals surface area (Å²) in [6.07, 6.45) is 0.898. The van der Waals surface area contributed by atoms with E-state index in [1.165, 1.54) is 12.1 Å². The first-order valence-corrected chi connectivity index (χ1v) is 7.70. The lowest BCUT2D eigenvalue weighted by Gasteiger charge is -2.04. The molecular weight excluding hydrogens is 304 g/mol.